The van der Waals surface area contributed by atoms with Gasteiger partial charge in [0.05, 0.1) is 5.41 Å². The molecule has 5 rings (SSSR count). The first kappa shape index (κ1) is 26.9. The van der Waals surface area contributed by atoms with Crippen LogP contribution in [0.2, 0.25) is 0 Å². The fourth-order valence-electron chi connectivity index (χ4n) is 10.8. The van der Waals surface area contributed by atoms with E-state index in [1.165, 1.54) is 12.5 Å². The molecule has 5 nitrogen and oxygen atoms in total. The predicted molar refractivity (Wildman–Crippen MR) is 143 cm³/mol. The largest absolute Gasteiger partial charge is 0.481 e. The number of carbonyl (C=O) groups is 3. The lowest BCUT2D eigenvalue weighted by Crippen LogP contribution is -2.66. The molecule has 206 valence electrons. The SMILES string of the molecule is CC(=O)O[C@@H]1CC[C@]2(C)[C@H](CC[C@]3(C)[C@H]2C(=O)C=C2[C@H]4C[C@@](C)(C(=O)O)CC[C@]4(C)CC[C@]23C)C1(C)C. The van der Waals surface area contributed by atoms with Crippen molar-refractivity contribution < 1.29 is 24.2 Å². The molecule has 0 aliphatic heterocycles. The predicted octanol–water partition coefficient (Wildman–Crippen LogP) is 6.98. The molecule has 0 saturated heterocycles. The summed E-state index contributed by atoms with van der Waals surface area (Å²) < 4.78 is 5.82. The Morgan fingerprint density at radius 2 is 1.57 bits per heavy atom. The average Bonchev–Trinajstić information content (AvgIpc) is 2.78. The Balaban J connectivity index is 1.58. The number of rotatable bonds is 2. The van der Waals surface area contributed by atoms with Gasteiger partial charge in [-0.25, -0.2) is 0 Å². The van der Waals surface area contributed by atoms with Crippen molar-refractivity contribution in [2.75, 3.05) is 0 Å². The molecule has 0 unspecified atom stereocenters. The van der Waals surface area contributed by atoms with Crippen LogP contribution in [0.25, 0.3) is 0 Å². The summed E-state index contributed by atoms with van der Waals surface area (Å²) in [7, 11) is 0. The third-order valence-electron chi connectivity index (χ3n) is 13.3. The zero-order valence-corrected chi connectivity index (χ0v) is 24.3. The molecule has 0 bridgehead atoms. The number of esters is 1. The van der Waals surface area contributed by atoms with Gasteiger partial charge in [0.1, 0.15) is 6.10 Å². The van der Waals surface area contributed by atoms with E-state index in [0.29, 0.717) is 18.8 Å². The highest BCUT2D eigenvalue weighted by Crippen LogP contribution is 2.75. The Morgan fingerprint density at radius 1 is 0.919 bits per heavy atom. The molecule has 4 saturated carbocycles. The van der Waals surface area contributed by atoms with Crippen LogP contribution in [-0.4, -0.2) is 28.9 Å². The van der Waals surface area contributed by atoms with Crippen LogP contribution in [0.15, 0.2) is 11.6 Å². The second-order valence-electron chi connectivity index (χ2n) is 15.5. The van der Waals surface area contributed by atoms with E-state index in [0.717, 1.165) is 44.9 Å². The molecule has 0 heterocycles. The van der Waals surface area contributed by atoms with Crippen molar-refractivity contribution in [3.05, 3.63) is 11.6 Å². The number of carboxylic acids is 1. The van der Waals surface area contributed by atoms with E-state index < -0.39 is 11.4 Å². The molecule has 0 aromatic rings. The number of allylic oxidation sites excluding steroid dienone is 2. The fraction of sp³-hybridized carbons (Fsp3) is 0.844. The summed E-state index contributed by atoms with van der Waals surface area (Å²) in [6.45, 7) is 17.4. The monoisotopic (exact) mass is 512 g/mol. The summed E-state index contributed by atoms with van der Waals surface area (Å²) in [5, 5.41) is 10.1. The number of ether oxygens (including phenoxy) is 1. The molecule has 1 N–H and O–H groups in total. The van der Waals surface area contributed by atoms with Gasteiger partial charge in [-0.1, -0.05) is 47.1 Å². The molecule has 9 atom stereocenters. The van der Waals surface area contributed by atoms with Crippen LogP contribution in [0.1, 0.15) is 113 Å². The number of carboxylic acid groups (broad SMARTS) is 1. The third-order valence-corrected chi connectivity index (χ3v) is 13.3. The molecule has 0 amide bonds. The summed E-state index contributed by atoms with van der Waals surface area (Å²) in [5.41, 5.74) is -0.0327. The lowest BCUT2D eigenvalue weighted by Gasteiger charge is -2.70. The lowest BCUT2D eigenvalue weighted by atomic mass is 9.33. The van der Waals surface area contributed by atoms with Crippen molar-refractivity contribution >= 4 is 17.7 Å². The van der Waals surface area contributed by atoms with Crippen LogP contribution in [0, 0.1) is 50.2 Å². The summed E-state index contributed by atoms with van der Waals surface area (Å²) in [6, 6.07) is 0. The molecule has 0 spiro atoms. The van der Waals surface area contributed by atoms with Gasteiger partial charge in [0.15, 0.2) is 5.78 Å². The van der Waals surface area contributed by atoms with Crippen LogP contribution in [-0.2, 0) is 19.1 Å². The smallest absolute Gasteiger partial charge is 0.309 e. The molecular weight excluding hydrogens is 464 g/mol. The fourth-order valence-corrected chi connectivity index (χ4v) is 10.8. The van der Waals surface area contributed by atoms with Crippen molar-refractivity contribution in [2.45, 2.75) is 119 Å². The number of ketones is 1. The molecule has 0 aromatic carbocycles. The van der Waals surface area contributed by atoms with Crippen LogP contribution < -0.4 is 0 Å². The zero-order chi connectivity index (χ0) is 27.4. The number of fused-ring (bicyclic) bond motifs is 7. The van der Waals surface area contributed by atoms with Gasteiger partial charge in [0.25, 0.3) is 0 Å². The highest BCUT2D eigenvalue weighted by atomic mass is 16.5. The van der Waals surface area contributed by atoms with Crippen LogP contribution in [0.5, 0.6) is 0 Å². The lowest BCUT2D eigenvalue weighted by molar-refractivity contribution is -0.210. The van der Waals surface area contributed by atoms with Gasteiger partial charge in [-0.05, 0) is 104 Å². The van der Waals surface area contributed by atoms with E-state index in [-0.39, 0.29) is 56.8 Å². The molecule has 37 heavy (non-hydrogen) atoms. The van der Waals surface area contributed by atoms with Crippen molar-refractivity contribution in [2.24, 2.45) is 50.2 Å². The normalized spacial score (nSPS) is 50.5. The van der Waals surface area contributed by atoms with Crippen LogP contribution >= 0.6 is 0 Å². The van der Waals surface area contributed by atoms with Crippen molar-refractivity contribution in [3.8, 4) is 0 Å². The van der Waals surface area contributed by atoms with Crippen molar-refractivity contribution in [1.82, 2.24) is 0 Å². The van der Waals surface area contributed by atoms with E-state index in [1.807, 2.05) is 13.0 Å². The molecule has 5 aliphatic carbocycles. The minimum atomic E-state index is -0.729. The maximum absolute atomic E-state index is 14.4. The molecule has 5 heteroatoms. The summed E-state index contributed by atoms with van der Waals surface area (Å²) in [4.78, 5) is 38.5. The number of carbonyl (C=O) groups excluding carboxylic acids is 2. The molecule has 5 aliphatic rings. The first-order chi connectivity index (χ1) is 16.9. The van der Waals surface area contributed by atoms with Gasteiger partial charge in [-0.3, -0.25) is 14.4 Å². The molecule has 0 radical (unpaired) electrons. The standard InChI is InChI=1S/C32H48O5/c1-19(33)37-24-10-11-30(6)23(27(24,2)3)9-12-32(8)25(30)22(34)17-20-21-18-29(5,26(35)36)14-13-28(21,4)15-16-31(20,32)7/h17,21,23-25H,9-16,18H2,1-8H3,(H,35,36)/t21-,23-,24-,25+,28-,29+,30-,31-,32-/m1/s1. The van der Waals surface area contributed by atoms with E-state index in [1.54, 1.807) is 0 Å². The van der Waals surface area contributed by atoms with E-state index in [2.05, 4.69) is 41.5 Å². The average molecular weight is 513 g/mol. The van der Waals surface area contributed by atoms with Gasteiger partial charge >= 0.3 is 11.9 Å². The van der Waals surface area contributed by atoms with Crippen molar-refractivity contribution in [3.63, 3.8) is 0 Å². The third kappa shape index (κ3) is 3.43. The summed E-state index contributed by atoms with van der Waals surface area (Å²) in [6.07, 6.45) is 10.0. The highest BCUT2D eigenvalue weighted by Gasteiger charge is 2.70. The maximum atomic E-state index is 14.4. The Hall–Kier alpha value is -1.65. The summed E-state index contributed by atoms with van der Waals surface area (Å²) in [5.74, 6) is -0.280. The molecule has 4 fully saturated rings. The molecular formula is C32H48O5. The quantitative estimate of drug-likeness (QED) is 0.404. The number of aliphatic carboxylic acids is 1. The Bertz CT molecular complexity index is 1070. The number of hydrogen-bond acceptors (Lipinski definition) is 4. The highest BCUT2D eigenvalue weighted by molar-refractivity contribution is 5.95. The van der Waals surface area contributed by atoms with E-state index in [4.69, 9.17) is 4.74 Å². The zero-order valence-electron chi connectivity index (χ0n) is 24.3. The van der Waals surface area contributed by atoms with Crippen molar-refractivity contribution in [1.29, 1.82) is 0 Å². The Labute approximate surface area is 223 Å². The number of hydrogen-bond donors (Lipinski definition) is 1. The first-order valence-corrected chi connectivity index (χ1v) is 14.6. The minimum Gasteiger partial charge on any atom is -0.481 e. The van der Waals surface area contributed by atoms with Gasteiger partial charge in [0.2, 0.25) is 0 Å². The Kier molecular flexibility index (Phi) is 5.78. The second-order valence-corrected chi connectivity index (χ2v) is 15.5. The second kappa shape index (κ2) is 7.94. The first-order valence-electron chi connectivity index (χ1n) is 14.6. The van der Waals surface area contributed by atoms with E-state index >= 15 is 0 Å². The van der Waals surface area contributed by atoms with Gasteiger partial charge in [0, 0.05) is 18.3 Å². The van der Waals surface area contributed by atoms with Crippen LogP contribution in [0.3, 0.4) is 0 Å². The van der Waals surface area contributed by atoms with Gasteiger partial charge in [-0.2, -0.15) is 0 Å². The Morgan fingerprint density at radius 3 is 2.19 bits per heavy atom. The van der Waals surface area contributed by atoms with E-state index in [9.17, 15) is 19.5 Å². The summed E-state index contributed by atoms with van der Waals surface area (Å²) >= 11 is 0. The van der Waals surface area contributed by atoms with Crippen LogP contribution in [0.4, 0.5) is 0 Å². The topological polar surface area (TPSA) is 80.7 Å². The van der Waals surface area contributed by atoms with Gasteiger partial charge < -0.3 is 9.84 Å². The maximum Gasteiger partial charge on any atom is 0.309 e. The van der Waals surface area contributed by atoms with Gasteiger partial charge in [-0.15, -0.1) is 0 Å². The minimum absolute atomic E-state index is 0.0644. The molecule has 0 aromatic heterocycles.